The van der Waals surface area contributed by atoms with E-state index in [9.17, 15) is 4.79 Å². The molecule has 1 N–H and O–H groups in total. The number of aryl methyl sites for hydroxylation is 3. The Hall–Kier alpha value is -3.31. The molecular weight excluding hydrogens is 390 g/mol. The summed E-state index contributed by atoms with van der Waals surface area (Å²) in [6, 6.07) is 19.9. The molecule has 150 valence electrons. The molecule has 2 heterocycles. The summed E-state index contributed by atoms with van der Waals surface area (Å²) in [5, 5.41) is 4.97. The lowest BCUT2D eigenvalue weighted by Crippen LogP contribution is -2.18. The highest BCUT2D eigenvalue weighted by atomic mass is 32.1. The monoisotopic (exact) mass is 413 g/mol. The summed E-state index contributed by atoms with van der Waals surface area (Å²) in [6.45, 7) is 6.29. The van der Waals surface area contributed by atoms with E-state index in [-0.39, 0.29) is 5.91 Å². The lowest BCUT2D eigenvalue weighted by Gasteiger charge is -2.10. The molecule has 30 heavy (non-hydrogen) atoms. The Morgan fingerprint density at radius 3 is 2.67 bits per heavy atom. The highest BCUT2D eigenvalue weighted by molar-refractivity contribution is 7.13. The van der Waals surface area contributed by atoms with Crippen molar-refractivity contribution >= 4 is 34.4 Å². The van der Waals surface area contributed by atoms with Crippen LogP contribution in [0.4, 0.5) is 0 Å². The van der Waals surface area contributed by atoms with Crippen molar-refractivity contribution in [2.45, 2.75) is 27.2 Å². The minimum absolute atomic E-state index is 0.248. The van der Waals surface area contributed by atoms with Gasteiger partial charge >= 0.3 is 0 Å². The van der Waals surface area contributed by atoms with Gasteiger partial charge in [0.15, 0.2) is 0 Å². The zero-order valence-corrected chi connectivity index (χ0v) is 18.1. The van der Waals surface area contributed by atoms with Gasteiger partial charge in [-0.15, -0.1) is 11.3 Å². The fourth-order valence-electron chi connectivity index (χ4n) is 3.28. The fraction of sp³-hybridized carbons (Fsp3) is 0.160. The quantitative estimate of drug-likeness (QED) is 0.327. The Labute approximate surface area is 180 Å². The first-order valence-electron chi connectivity index (χ1n) is 9.94. The molecule has 0 aliphatic rings. The van der Waals surface area contributed by atoms with Crippen molar-refractivity contribution in [1.29, 1.82) is 0 Å². The second-order valence-corrected chi connectivity index (χ2v) is 8.43. The van der Waals surface area contributed by atoms with Crippen molar-refractivity contribution < 1.29 is 4.79 Å². The van der Waals surface area contributed by atoms with Crippen LogP contribution in [0.3, 0.4) is 0 Å². The molecule has 0 fully saturated rings. The van der Waals surface area contributed by atoms with Crippen LogP contribution in [0.15, 0.2) is 65.8 Å². The number of carbonyl (C=O) groups is 1. The van der Waals surface area contributed by atoms with E-state index < -0.39 is 0 Å². The van der Waals surface area contributed by atoms with Crippen LogP contribution >= 0.6 is 11.3 Å². The molecule has 5 heteroatoms. The van der Waals surface area contributed by atoms with Crippen LogP contribution in [-0.2, 0) is 6.42 Å². The maximum atomic E-state index is 13.0. The van der Waals surface area contributed by atoms with E-state index in [1.165, 1.54) is 16.0 Å². The van der Waals surface area contributed by atoms with Gasteiger partial charge in [0, 0.05) is 20.7 Å². The van der Waals surface area contributed by atoms with E-state index in [0.717, 1.165) is 33.5 Å². The molecule has 0 unspecified atom stereocenters. The standard InChI is InChI=1S/C25H23N3OS/c1-4-19-11-12-20(30-19)15-26-28-25(29)22-14-24(18-10-9-16(2)17(3)13-18)27-23-8-6-5-7-21(22)23/h5-15H,4H2,1-3H3,(H,28,29). The molecule has 4 rings (SSSR count). The summed E-state index contributed by atoms with van der Waals surface area (Å²) in [5.41, 5.74) is 8.21. The Kier molecular flexibility index (Phi) is 5.72. The number of amides is 1. The number of nitrogens with zero attached hydrogens (tertiary/aromatic N) is 2. The summed E-state index contributed by atoms with van der Waals surface area (Å²) in [4.78, 5) is 20.1. The largest absolute Gasteiger partial charge is 0.272 e. The van der Waals surface area contributed by atoms with Crippen molar-refractivity contribution in [3.05, 3.63) is 87.1 Å². The van der Waals surface area contributed by atoms with Gasteiger partial charge < -0.3 is 0 Å². The number of thiophene rings is 1. The van der Waals surface area contributed by atoms with Gasteiger partial charge in [-0.3, -0.25) is 4.79 Å². The predicted molar refractivity (Wildman–Crippen MR) is 125 cm³/mol. The van der Waals surface area contributed by atoms with E-state index in [1.54, 1.807) is 17.6 Å². The van der Waals surface area contributed by atoms with Crippen LogP contribution in [0.5, 0.6) is 0 Å². The van der Waals surface area contributed by atoms with Gasteiger partial charge in [-0.2, -0.15) is 5.10 Å². The van der Waals surface area contributed by atoms with Gasteiger partial charge in [0.05, 0.1) is 23.0 Å². The number of hydrogen-bond donors (Lipinski definition) is 1. The molecule has 0 bridgehead atoms. The number of rotatable bonds is 5. The van der Waals surface area contributed by atoms with E-state index in [0.29, 0.717) is 5.56 Å². The molecule has 2 aromatic heterocycles. The minimum Gasteiger partial charge on any atom is -0.267 e. The molecule has 0 aliphatic heterocycles. The average molecular weight is 414 g/mol. The third-order valence-corrected chi connectivity index (χ3v) is 6.32. The van der Waals surface area contributed by atoms with Gasteiger partial charge in [0.1, 0.15) is 0 Å². The van der Waals surface area contributed by atoms with E-state index in [2.05, 4.69) is 49.5 Å². The van der Waals surface area contributed by atoms with Gasteiger partial charge in [-0.25, -0.2) is 10.4 Å². The van der Waals surface area contributed by atoms with Crippen molar-refractivity contribution in [3.8, 4) is 11.3 Å². The molecule has 0 atom stereocenters. The Morgan fingerprint density at radius 1 is 1.07 bits per heavy atom. The molecule has 1 amide bonds. The Morgan fingerprint density at radius 2 is 1.90 bits per heavy atom. The number of aromatic nitrogens is 1. The zero-order valence-electron chi connectivity index (χ0n) is 17.3. The van der Waals surface area contributed by atoms with Crippen LogP contribution in [0.1, 0.15) is 38.2 Å². The number of para-hydroxylation sites is 1. The first kappa shape index (κ1) is 20.0. The number of nitrogens with one attached hydrogen (secondary N) is 1. The van der Waals surface area contributed by atoms with E-state index in [4.69, 9.17) is 4.98 Å². The predicted octanol–water partition coefficient (Wildman–Crippen LogP) is 5.91. The normalized spacial score (nSPS) is 11.3. The lowest BCUT2D eigenvalue weighted by atomic mass is 10.0. The summed E-state index contributed by atoms with van der Waals surface area (Å²) in [6.07, 6.45) is 2.69. The SMILES string of the molecule is CCc1ccc(C=NNC(=O)c2cc(-c3ccc(C)c(C)c3)nc3ccccc23)s1. The number of carbonyl (C=O) groups excluding carboxylic acids is 1. The molecule has 0 spiro atoms. The smallest absolute Gasteiger partial charge is 0.267 e. The average Bonchev–Trinajstić information content (AvgIpc) is 3.23. The van der Waals surface area contributed by atoms with Crippen LogP contribution in [-0.4, -0.2) is 17.1 Å². The maximum Gasteiger partial charge on any atom is 0.272 e. The molecule has 0 saturated carbocycles. The summed E-state index contributed by atoms with van der Waals surface area (Å²) >= 11 is 1.67. The third kappa shape index (κ3) is 4.16. The zero-order chi connectivity index (χ0) is 21.1. The first-order chi connectivity index (χ1) is 14.5. The number of fused-ring (bicyclic) bond motifs is 1. The van der Waals surface area contributed by atoms with Crippen molar-refractivity contribution in [2.75, 3.05) is 0 Å². The van der Waals surface area contributed by atoms with Crippen molar-refractivity contribution in [1.82, 2.24) is 10.4 Å². The highest BCUT2D eigenvalue weighted by Crippen LogP contribution is 2.26. The van der Waals surface area contributed by atoms with Gasteiger partial charge in [-0.05, 0) is 61.7 Å². The number of hydrogen-bond acceptors (Lipinski definition) is 4. The van der Waals surface area contributed by atoms with Gasteiger partial charge in [-0.1, -0.05) is 37.3 Å². The molecule has 2 aromatic carbocycles. The van der Waals surface area contributed by atoms with Crippen molar-refractivity contribution in [2.24, 2.45) is 5.10 Å². The number of hydrazone groups is 1. The second-order valence-electron chi connectivity index (χ2n) is 7.23. The topological polar surface area (TPSA) is 54.4 Å². The Balaban J connectivity index is 1.68. The minimum atomic E-state index is -0.248. The first-order valence-corrected chi connectivity index (χ1v) is 10.8. The maximum absolute atomic E-state index is 13.0. The summed E-state index contributed by atoms with van der Waals surface area (Å²) in [5.74, 6) is -0.248. The molecule has 0 saturated heterocycles. The van der Waals surface area contributed by atoms with E-state index >= 15 is 0 Å². The molecule has 0 aliphatic carbocycles. The fourth-order valence-corrected chi connectivity index (χ4v) is 4.11. The number of pyridine rings is 1. The lowest BCUT2D eigenvalue weighted by molar-refractivity contribution is 0.0956. The van der Waals surface area contributed by atoms with Crippen LogP contribution in [0, 0.1) is 13.8 Å². The van der Waals surface area contributed by atoms with Gasteiger partial charge in [0.2, 0.25) is 0 Å². The molecular formula is C25H23N3OS. The van der Waals surface area contributed by atoms with Gasteiger partial charge in [0.25, 0.3) is 5.91 Å². The summed E-state index contributed by atoms with van der Waals surface area (Å²) < 4.78 is 0. The van der Waals surface area contributed by atoms with Crippen LogP contribution in [0.2, 0.25) is 0 Å². The van der Waals surface area contributed by atoms with Crippen LogP contribution < -0.4 is 5.43 Å². The van der Waals surface area contributed by atoms with Crippen LogP contribution in [0.25, 0.3) is 22.2 Å². The Bertz CT molecular complexity index is 1260. The molecule has 4 nitrogen and oxygen atoms in total. The van der Waals surface area contributed by atoms with Crippen molar-refractivity contribution in [3.63, 3.8) is 0 Å². The molecule has 4 aromatic rings. The van der Waals surface area contributed by atoms with E-state index in [1.807, 2.05) is 42.5 Å². The molecule has 0 radical (unpaired) electrons. The number of benzene rings is 2. The summed E-state index contributed by atoms with van der Waals surface area (Å²) in [7, 11) is 0. The highest BCUT2D eigenvalue weighted by Gasteiger charge is 2.14. The second kappa shape index (κ2) is 8.59. The third-order valence-electron chi connectivity index (χ3n) is 5.15.